The summed E-state index contributed by atoms with van der Waals surface area (Å²) < 4.78 is 7.01. The third-order valence-corrected chi connectivity index (χ3v) is 5.21. The Balaban J connectivity index is 1.62. The number of esters is 1. The molecule has 0 unspecified atom stereocenters. The third kappa shape index (κ3) is 6.31. The molecule has 0 aliphatic rings. The Labute approximate surface area is 199 Å². The van der Waals surface area contributed by atoms with Gasteiger partial charge in [0.05, 0.1) is 29.2 Å². The predicted octanol–water partition coefficient (Wildman–Crippen LogP) is 3.73. The molecule has 2 aromatic carbocycles. The van der Waals surface area contributed by atoms with Crippen LogP contribution < -0.4 is 10.6 Å². The van der Waals surface area contributed by atoms with Gasteiger partial charge < -0.3 is 15.4 Å². The van der Waals surface area contributed by atoms with E-state index >= 15 is 0 Å². The summed E-state index contributed by atoms with van der Waals surface area (Å²) in [6, 6.07) is 16.5. The van der Waals surface area contributed by atoms with Gasteiger partial charge in [-0.05, 0) is 37.5 Å². The van der Waals surface area contributed by atoms with Crippen LogP contribution in [0.15, 0.2) is 54.6 Å². The molecule has 0 aliphatic heterocycles. The Morgan fingerprint density at radius 3 is 2.38 bits per heavy atom. The number of benzene rings is 2. The maximum atomic E-state index is 12.7. The first-order valence-electron chi connectivity index (χ1n) is 11.2. The molecule has 3 rings (SSSR count). The molecule has 2 N–H and O–H groups in total. The van der Waals surface area contributed by atoms with Crippen molar-refractivity contribution in [3.8, 4) is 0 Å². The van der Waals surface area contributed by atoms with Gasteiger partial charge in [-0.25, -0.2) is 4.79 Å². The van der Waals surface area contributed by atoms with E-state index in [1.165, 1.54) is 0 Å². The van der Waals surface area contributed by atoms with Gasteiger partial charge in [0.15, 0.2) is 6.61 Å². The summed E-state index contributed by atoms with van der Waals surface area (Å²) in [6.45, 7) is 8.09. The molecule has 0 atom stereocenters. The lowest BCUT2D eigenvalue weighted by Gasteiger charge is -2.12. The SMILES string of the molecule is Cc1nn(Cc2ccccc2)c(C)c1C(=O)OCC(=O)Nc1ccccc1C(=O)NCC(C)C. The van der Waals surface area contributed by atoms with Crippen molar-refractivity contribution in [2.24, 2.45) is 5.92 Å². The minimum atomic E-state index is -0.618. The largest absolute Gasteiger partial charge is 0.452 e. The van der Waals surface area contributed by atoms with Gasteiger partial charge in [-0.15, -0.1) is 0 Å². The second-order valence-electron chi connectivity index (χ2n) is 8.46. The van der Waals surface area contributed by atoms with E-state index in [9.17, 15) is 14.4 Å². The topological polar surface area (TPSA) is 102 Å². The molecule has 1 heterocycles. The van der Waals surface area contributed by atoms with Crippen LogP contribution in [0.25, 0.3) is 0 Å². The maximum Gasteiger partial charge on any atom is 0.342 e. The lowest BCUT2D eigenvalue weighted by Crippen LogP contribution is -2.29. The second kappa shape index (κ2) is 11.3. The number of hydrogen-bond acceptors (Lipinski definition) is 5. The lowest BCUT2D eigenvalue weighted by atomic mass is 10.1. The molecule has 8 heteroatoms. The highest BCUT2D eigenvalue weighted by Crippen LogP contribution is 2.17. The van der Waals surface area contributed by atoms with Crippen LogP contribution >= 0.6 is 0 Å². The molecule has 178 valence electrons. The third-order valence-electron chi connectivity index (χ3n) is 5.21. The van der Waals surface area contributed by atoms with E-state index in [0.717, 1.165) is 5.56 Å². The van der Waals surface area contributed by atoms with Crippen molar-refractivity contribution in [2.75, 3.05) is 18.5 Å². The van der Waals surface area contributed by atoms with Crippen LogP contribution in [0.3, 0.4) is 0 Å². The Bertz CT molecular complexity index is 1170. The summed E-state index contributed by atoms with van der Waals surface area (Å²) in [5.74, 6) is -1.13. The highest BCUT2D eigenvalue weighted by molar-refractivity contribution is 6.04. The summed E-state index contributed by atoms with van der Waals surface area (Å²) in [7, 11) is 0. The smallest absolute Gasteiger partial charge is 0.342 e. The number of anilines is 1. The van der Waals surface area contributed by atoms with Crippen LogP contribution in [-0.2, 0) is 16.1 Å². The first kappa shape index (κ1) is 24.7. The van der Waals surface area contributed by atoms with Gasteiger partial charge in [0.2, 0.25) is 0 Å². The van der Waals surface area contributed by atoms with Gasteiger partial charge in [0.25, 0.3) is 11.8 Å². The zero-order valence-electron chi connectivity index (χ0n) is 19.9. The van der Waals surface area contributed by atoms with Gasteiger partial charge in [0.1, 0.15) is 5.56 Å². The molecule has 0 bridgehead atoms. The van der Waals surface area contributed by atoms with Crippen molar-refractivity contribution in [1.29, 1.82) is 0 Å². The summed E-state index contributed by atoms with van der Waals surface area (Å²) in [6.07, 6.45) is 0. The van der Waals surface area contributed by atoms with Crippen LogP contribution in [0.2, 0.25) is 0 Å². The first-order chi connectivity index (χ1) is 16.3. The molecule has 0 aliphatic carbocycles. The van der Waals surface area contributed by atoms with Crippen molar-refractivity contribution < 1.29 is 19.1 Å². The molecular weight excluding hydrogens is 432 g/mol. The average Bonchev–Trinajstić information content (AvgIpc) is 3.09. The lowest BCUT2D eigenvalue weighted by molar-refractivity contribution is -0.119. The summed E-state index contributed by atoms with van der Waals surface area (Å²) in [5, 5.41) is 9.94. The van der Waals surface area contributed by atoms with Crippen molar-refractivity contribution in [1.82, 2.24) is 15.1 Å². The van der Waals surface area contributed by atoms with Crippen LogP contribution in [0, 0.1) is 19.8 Å². The second-order valence-corrected chi connectivity index (χ2v) is 8.46. The molecule has 8 nitrogen and oxygen atoms in total. The van der Waals surface area contributed by atoms with E-state index in [-0.39, 0.29) is 5.91 Å². The zero-order chi connectivity index (χ0) is 24.7. The number of ether oxygens (including phenoxy) is 1. The van der Waals surface area contributed by atoms with Crippen LogP contribution in [0.4, 0.5) is 5.69 Å². The van der Waals surface area contributed by atoms with Crippen LogP contribution in [0.5, 0.6) is 0 Å². The minimum absolute atomic E-state index is 0.279. The van der Waals surface area contributed by atoms with Gasteiger partial charge in [-0.2, -0.15) is 5.10 Å². The molecule has 0 spiro atoms. The standard InChI is InChI=1S/C26H30N4O4/c1-17(2)14-27-25(32)21-12-8-9-13-22(21)28-23(31)16-34-26(33)24-18(3)29-30(19(24)4)15-20-10-6-5-7-11-20/h5-13,17H,14-16H2,1-4H3,(H,27,32)(H,28,31). The Kier molecular flexibility index (Phi) is 8.19. The molecule has 0 radical (unpaired) electrons. The highest BCUT2D eigenvalue weighted by Gasteiger charge is 2.21. The summed E-state index contributed by atoms with van der Waals surface area (Å²) >= 11 is 0. The monoisotopic (exact) mass is 462 g/mol. The summed E-state index contributed by atoms with van der Waals surface area (Å²) in [5.41, 5.74) is 3.30. The molecule has 3 aromatic rings. The van der Waals surface area contributed by atoms with E-state index in [1.807, 2.05) is 44.2 Å². The van der Waals surface area contributed by atoms with Crippen molar-refractivity contribution in [3.05, 3.63) is 82.7 Å². The summed E-state index contributed by atoms with van der Waals surface area (Å²) in [4.78, 5) is 37.6. The molecule has 1 aromatic heterocycles. The van der Waals surface area contributed by atoms with Crippen LogP contribution in [-0.4, -0.2) is 40.7 Å². The predicted molar refractivity (Wildman–Crippen MR) is 130 cm³/mol. The number of rotatable bonds is 9. The maximum absolute atomic E-state index is 12.7. The fourth-order valence-electron chi connectivity index (χ4n) is 3.47. The van der Waals surface area contributed by atoms with Gasteiger partial charge in [-0.3, -0.25) is 14.3 Å². The molecule has 0 saturated heterocycles. The van der Waals surface area contributed by atoms with E-state index < -0.39 is 18.5 Å². The molecule has 0 fully saturated rings. The number of amides is 2. The number of para-hydroxylation sites is 1. The van der Waals surface area contributed by atoms with E-state index in [0.29, 0.717) is 47.2 Å². The fourth-order valence-corrected chi connectivity index (χ4v) is 3.47. The van der Waals surface area contributed by atoms with E-state index in [2.05, 4.69) is 15.7 Å². The molecule has 0 saturated carbocycles. The number of aryl methyl sites for hydroxylation is 1. The number of nitrogens with zero attached hydrogens (tertiary/aromatic N) is 2. The van der Waals surface area contributed by atoms with Crippen molar-refractivity contribution in [2.45, 2.75) is 34.2 Å². The Morgan fingerprint density at radius 2 is 1.68 bits per heavy atom. The molecule has 2 amide bonds. The van der Waals surface area contributed by atoms with Crippen molar-refractivity contribution in [3.63, 3.8) is 0 Å². The highest BCUT2D eigenvalue weighted by atomic mass is 16.5. The number of aromatic nitrogens is 2. The van der Waals surface area contributed by atoms with E-state index in [4.69, 9.17) is 4.74 Å². The van der Waals surface area contributed by atoms with Gasteiger partial charge >= 0.3 is 5.97 Å². The molecular formula is C26H30N4O4. The number of carbonyl (C=O) groups excluding carboxylic acids is 3. The number of nitrogens with one attached hydrogen (secondary N) is 2. The quantitative estimate of drug-likeness (QED) is 0.472. The number of hydrogen-bond donors (Lipinski definition) is 2. The Hall–Kier alpha value is -3.94. The first-order valence-corrected chi connectivity index (χ1v) is 11.2. The van der Waals surface area contributed by atoms with Gasteiger partial charge in [-0.1, -0.05) is 56.3 Å². The zero-order valence-corrected chi connectivity index (χ0v) is 19.9. The molecule has 34 heavy (non-hydrogen) atoms. The minimum Gasteiger partial charge on any atom is -0.452 e. The average molecular weight is 463 g/mol. The van der Waals surface area contributed by atoms with E-state index in [1.54, 1.807) is 42.8 Å². The number of carbonyl (C=O) groups is 3. The van der Waals surface area contributed by atoms with Gasteiger partial charge in [0, 0.05) is 6.54 Å². The Morgan fingerprint density at radius 1 is 1.00 bits per heavy atom. The van der Waals surface area contributed by atoms with Crippen molar-refractivity contribution >= 4 is 23.5 Å². The van der Waals surface area contributed by atoms with Crippen LogP contribution in [0.1, 0.15) is 51.5 Å². The normalized spacial score (nSPS) is 10.7. The fraction of sp³-hybridized carbons (Fsp3) is 0.308.